The van der Waals surface area contributed by atoms with Gasteiger partial charge in [0.25, 0.3) is 11.6 Å². The molecule has 0 saturated heterocycles. The van der Waals surface area contributed by atoms with Crippen LogP contribution < -0.4 is 0 Å². The molecule has 1 amide bonds. The molecule has 0 bridgehead atoms. The van der Waals surface area contributed by atoms with Gasteiger partial charge >= 0.3 is 0 Å². The summed E-state index contributed by atoms with van der Waals surface area (Å²) in [7, 11) is 0. The summed E-state index contributed by atoms with van der Waals surface area (Å²) in [6.45, 7) is 2.11. The maximum absolute atomic E-state index is 13.5. The van der Waals surface area contributed by atoms with Crippen molar-refractivity contribution >= 4 is 17.0 Å². The van der Waals surface area contributed by atoms with Gasteiger partial charge in [0.1, 0.15) is 5.82 Å². The number of hydrogen-bond acceptors (Lipinski definition) is 4. The van der Waals surface area contributed by atoms with Crippen molar-refractivity contribution in [3.8, 4) is 23.6 Å². The second-order valence-electron chi connectivity index (χ2n) is 6.86. The predicted molar refractivity (Wildman–Crippen MR) is 112 cm³/mol. The van der Waals surface area contributed by atoms with Gasteiger partial charge in [0, 0.05) is 12.1 Å². The van der Waals surface area contributed by atoms with Crippen LogP contribution in [0, 0.1) is 25.1 Å². The second-order valence-corrected chi connectivity index (χ2v) is 6.86. The van der Waals surface area contributed by atoms with Crippen LogP contribution in [0.3, 0.4) is 0 Å². The predicted octanol–water partition coefficient (Wildman–Crippen LogP) is 4.61. The highest BCUT2D eigenvalue weighted by Crippen LogP contribution is 2.28. The first-order valence-corrected chi connectivity index (χ1v) is 9.36. The molecule has 30 heavy (non-hydrogen) atoms. The average molecular weight is 399 g/mol. The van der Waals surface area contributed by atoms with E-state index in [1.165, 1.54) is 17.0 Å². The monoisotopic (exact) mass is 399 g/mol. The Balaban J connectivity index is 1.79. The molecule has 2 heterocycles. The fourth-order valence-corrected chi connectivity index (χ4v) is 3.31. The van der Waals surface area contributed by atoms with Gasteiger partial charge in [-0.1, -0.05) is 53.5 Å². The van der Waals surface area contributed by atoms with Crippen molar-refractivity contribution in [1.82, 2.24) is 15.0 Å². The van der Waals surface area contributed by atoms with Crippen LogP contribution in [-0.4, -0.2) is 27.5 Å². The third-order valence-corrected chi connectivity index (χ3v) is 4.77. The van der Waals surface area contributed by atoms with E-state index in [1.807, 2.05) is 30.3 Å². The molecule has 5 nitrogen and oxygen atoms in total. The van der Waals surface area contributed by atoms with Crippen LogP contribution in [0.1, 0.15) is 21.6 Å². The van der Waals surface area contributed by atoms with Gasteiger partial charge in [-0.05, 0) is 30.7 Å². The third-order valence-electron chi connectivity index (χ3n) is 4.77. The fourth-order valence-electron chi connectivity index (χ4n) is 3.31. The normalized spacial score (nSPS) is 10.7. The number of carbonyl (C=O) groups is 1. The minimum Gasteiger partial charge on any atom is -0.335 e. The zero-order valence-electron chi connectivity index (χ0n) is 16.3. The molecule has 4 rings (SSSR count). The van der Waals surface area contributed by atoms with Crippen LogP contribution in [0.4, 0.5) is 4.39 Å². The standard InChI is InChI=1S/C24H18FN3O2/c1-3-13-28(15-17-9-11-19(25)12-10-17)24(29)20-14-21(18-7-5-4-6-8-18)26-23-22(20)16(2)27-30-23/h1,4-12,14H,13,15H2,2H3. The molecule has 6 heteroatoms. The summed E-state index contributed by atoms with van der Waals surface area (Å²) in [5, 5.41) is 4.54. The maximum atomic E-state index is 13.5. The van der Waals surface area contributed by atoms with Crippen LogP contribution >= 0.6 is 0 Å². The van der Waals surface area contributed by atoms with Crippen molar-refractivity contribution in [2.45, 2.75) is 13.5 Å². The molecule has 4 aromatic rings. The Bertz CT molecular complexity index is 1240. The van der Waals surface area contributed by atoms with Crippen molar-refractivity contribution in [2.75, 3.05) is 6.54 Å². The Morgan fingerprint density at radius 3 is 2.60 bits per heavy atom. The molecule has 0 spiro atoms. The molecule has 0 aliphatic rings. The van der Waals surface area contributed by atoms with Gasteiger partial charge in [-0.25, -0.2) is 9.37 Å². The van der Waals surface area contributed by atoms with E-state index >= 15 is 0 Å². The summed E-state index contributed by atoms with van der Waals surface area (Å²) in [5.74, 6) is 1.92. The summed E-state index contributed by atoms with van der Waals surface area (Å²) >= 11 is 0. The number of aryl methyl sites for hydroxylation is 1. The Hall–Kier alpha value is -3.98. The molecule has 0 saturated carbocycles. The number of carbonyl (C=O) groups excluding carboxylic acids is 1. The summed E-state index contributed by atoms with van der Waals surface area (Å²) < 4.78 is 18.6. The number of halogens is 1. The smallest absolute Gasteiger partial charge is 0.259 e. The Kier molecular flexibility index (Phi) is 5.27. The van der Waals surface area contributed by atoms with E-state index in [0.717, 1.165) is 11.1 Å². The van der Waals surface area contributed by atoms with Gasteiger partial charge in [-0.2, -0.15) is 0 Å². The van der Waals surface area contributed by atoms with Crippen LogP contribution in [0.5, 0.6) is 0 Å². The SMILES string of the molecule is C#CCN(Cc1ccc(F)cc1)C(=O)c1cc(-c2ccccc2)nc2onc(C)c12. The molecule has 0 aliphatic heterocycles. The van der Waals surface area contributed by atoms with Crippen LogP contribution in [0.15, 0.2) is 65.2 Å². The van der Waals surface area contributed by atoms with Gasteiger partial charge in [0.15, 0.2) is 0 Å². The lowest BCUT2D eigenvalue weighted by Crippen LogP contribution is -2.31. The molecule has 2 aromatic heterocycles. The quantitative estimate of drug-likeness (QED) is 0.460. The zero-order valence-corrected chi connectivity index (χ0v) is 16.3. The average Bonchev–Trinajstić information content (AvgIpc) is 3.15. The van der Waals surface area contributed by atoms with E-state index in [9.17, 15) is 9.18 Å². The van der Waals surface area contributed by atoms with Crippen molar-refractivity contribution in [1.29, 1.82) is 0 Å². The largest absolute Gasteiger partial charge is 0.335 e. The third kappa shape index (κ3) is 3.78. The van der Waals surface area contributed by atoms with E-state index in [2.05, 4.69) is 16.1 Å². The summed E-state index contributed by atoms with van der Waals surface area (Å²) in [6, 6.07) is 17.2. The van der Waals surface area contributed by atoms with Crippen LogP contribution in [0.25, 0.3) is 22.4 Å². The second kappa shape index (κ2) is 8.18. The highest BCUT2D eigenvalue weighted by Gasteiger charge is 2.23. The Morgan fingerprint density at radius 1 is 1.17 bits per heavy atom. The number of pyridine rings is 1. The van der Waals surface area contributed by atoms with Crippen molar-refractivity contribution < 1.29 is 13.7 Å². The fraction of sp³-hybridized carbons (Fsp3) is 0.125. The minimum atomic E-state index is -0.336. The molecular weight excluding hydrogens is 381 g/mol. The molecule has 0 N–H and O–H groups in total. The Labute approximate surface area is 173 Å². The molecule has 148 valence electrons. The molecule has 0 radical (unpaired) electrons. The number of aromatic nitrogens is 2. The van der Waals surface area contributed by atoms with Gasteiger partial charge in [-0.3, -0.25) is 4.79 Å². The molecule has 0 fully saturated rings. The van der Waals surface area contributed by atoms with Gasteiger partial charge in [0.05, 0.1) is 28.9 Å². The highest BCUT2D eigenvalue weighted by molar-refractivity contribution is 6.07. The van der Waals surface area contributed by atoms with E-state index in [0.29, 0.717) is 28.1 Å². The number of fused-ring (bicyclic) bond motifs is 1. The number of terminal acetylenes is 1. The lowest BCUT2D eigenvalue weighted by molar-refractivity contribution is 0.0767. The summed E-state index contributed by atoms with van der Waals surface area (Å²) in [5.41, 5.74) is 3.50. The number of hydrogen-bond donors (Lipinski definition) is 0. The van der Waals surface area contributed by atoms with Crippen LogP contribution in [-0.2, 0) is 6.54 Å². The number of nitrogens with zero attached hydrogens (tertiary/aromatic N) is 3. The lowest BCUT2D eigenvalue weighted by Gasteiger charge is -2.21. The van der Waals surface area contributed by atoms with Crippen molar-refractivity contribution in [3.63, 3.8) is 0 Å². The minimum absolute atomic E-state index is 0.102. The van der Waals surface area contributed by atoms with Gasteiger partial charge in [-0.15, -0.1) is 6.42 Å². The first-order valence-electron chi connectivity index (χ1n) is 9.36. The van der Waals surface area contributed by atoms with E-state index in [4.69, 9.17) is 10.9 Å². The number of benzene rings is 2. The van der Waals surface area contributed by atoms with Crippen LogP contribution in [0.2, 0.25) is 0 Å². The number of amides is 1. The highest BCUT2D eigenvalue weighted by atomic mass is 19.1. The topological polar surface area (TPSA) is 59.2 Å². The first-order chi connectivity index (χ1) is 14.6. The van der Waals surface area contributed by atoms with E-state index in [-0.39, 0.29) is 24.8 Å². The van der Waals surface area contributed by atoms with E-state index in [1.54, 1.807) is 25.1 Å². The summed E-state index contributed by atoms with van der Waals surface area (Å²) in [6.07, 6.45) is 5.52. The first kappa shape index (κ1) is 19.3. The molecule has 0 atom stereocenters. The lowest BCUT2D eigenvalue weighted by atomic mass is 10.0. The van der Waals surface area contributed by atoms with Gasteiger partial charge in [0.2, 0.25) is 0 Å². The van der Waals surface area contributed by atoms with Crippen molar-refractivity contribution in [3.05, 3.63) is 83.3 Å². The Morgan fingerprint density at radius 2 is 1.90 bits per heavy atom. The molecular formula is C24H18FN3O2. The summed E-state index contributed by atoms with van der Waals surface area (Å²) in [4.78, 5) is 19.6. The van der Waals surface area contributed by atoms with E-state index < -0.39 is 0 Å². The maximum Gasteiger partial charge on any atom is 0.259 e. The van der Waals surface area contributed by atoms with Gasteiger partial charge < -0.3 is 9.42 Å². The molecule has 2 aromatic carbocycles. The molecule has 0 aliphatic carbocycles. The van der Waals surface area contributed by atoms with Crippen molar-refractivity contribution in [2.24, 2.45) is 0 Å². The zero-order chi connectivity index (χ0) is 21.1. The number of rotatable bonds is 5. The molecule has 0 unspecified atom stereocenters.